The molecule has 0 amide bonds. The molecule has 3 aliphatic heterocycles. The molecule has 37 heavy (non-hydrogen) atoms. The lowest BCUT2D eigenvalue weighted by molar-refractivity contribution is -0.137. The minimum atomic E-state index is -0.650. The molecule has 0 unspecified atom stereocenters. The van der Waals surface area contributed by atoms with Crippen molar-refractivity contribution in [2.75, 3.05) is 48.3 Å². The van der Waals surface area contributed by atoms with Gasteiger partial charge in [0, 0.05) is 29.3 Å². The molecule has 0 saturated carbocycles. The van der Waals surface area contributed by atoms with Gasteiger partial charge in [0.1, 0.15) is 11.7 Å². The number of nitrogens with zero attached hydrogens (tertiary/aromatic N) is 1. The number of rotatable bonds is 7. The molecule has 2 atom stereocenters. The first-order valence-corrected chi connectivity index (χ1v) is 12.0. The van der Waals surface area contributed by atoms with Crippen LogP contribution in [0.5, 0.6) is 28.7 Å². The molecule has 10 nitrogen and oxygen atoms in total. The zero-order valence-corrected chi connectivity index (χ0v) is 21.4. The molecule has 0 N–H and O–H groups in total. The predicted octanol–water partition coefficient (Wildman–Crippen LogP) is 3.46. The summed E-state index contributed by atoms with van der Waals surface area (Å²) >= 11 is 0. The van der Waals surface area contributed by atoms with Gasteiger partial charge in [0.25, 0.3) is 0 Å². The van der Waals surface area contributed by atoms with E-state index in [9.17, 15) is 9.59 Å². The summed E-state index contributed by atoms with van der Waals surface area (Å²) in [6.45, 7) is 2.71. The van der Waals surface area contributed by atoms with Gasteiger partial charge in [0.2, 0.25) is 12.5 Å². The summed E-state index contributed by atoms with van der Waals surface area (Å²) in [7, 11) is 6.55. The maximum absolute atomic E-state index is 13.1. The Morgan fingerprint density at radius 2 is 1.86 bits per heavy atom. The van der Waals surface area contributed by atoms with Crippen molar-refractivity contribution in [2.45, 2.75) is 25.5 Å². The number of ether oxygens (including phenoxy) is 7. The Morgan fingerprint density at radius 1 is 1.11 bits per heavy atom. The van der Waals surface area contributed by atoms with Crippen LogP contribution in [0.3, 0.4) is 0 Å². The van der Waals surface area contributed by atoms with Gasteiger partial charge in [-0.15, -0.1) is 0 Å². The lowest BCUT2D eigenvalue weighted by atomic mass is 9.83. The van der Waals surface area contributed by atoms with Crippen molar-refractivity contribution in [2.24, 2.45) is 0 Å². The number of carbonyl (C=O) groups excluding carboxylic acids is 2. The number of benzene rings is 2. The quantitative estimate of drug-likeness (QED) is 0.406. The molecule has 0 radical (unpaired) electrons. The van der Waals surface area contributed by atoms with E-state index in [0.717, 1.165) is 11.1 Å². The molecule has 3 aliphatic rings. The van der Waals surface area contributed by atoms with Crippen molar-refractivity contribution < 1.29 is 42.7 Å². The van der Waals surface area contributed by atoms with Gasteiger partial charge in [-0.3, -0.25) is 4.90 Å². The summed E-state index contributed by atoms with van der Waals surface area (Å²) < 4.78 is 39.5. The lowest BCUT2D eigenvalue weighted by Gasteiger charge is -2.39. The second-order valence-corrected chi connectivity index (χ2v) is 8.76. The van der Waals surface area contributed by atoms with Gasteiger partial charge in [0.15, 0.2) is 23.0 Å². The van der Waals surface area contributed by atoms with E-state index < -0.39 is 24.1 Å². The number of hydrogen-bond acceptors (Lipinski definition) is 10. The summed E-state index contributed by atoms with van der Waals surface area (Å²) in [5.74, 6) is 1.31. The van der Waals surface area contributed by atoms with Crippen LogP contribution in [0.25, 0.3) is 6.08 Å². The summed E-state index contributed by atoms with van der Waals surface area (Å²) in [6.07, 6.45) is 3.07. The van der Waals surface area contributed by atoms with Crippen LogP contribution in [-0.2, 0) is 20.7 Å². The standard InChI is InChI=1S/C27H29NO9/c1-6-34-18(29)10-8-15-14-11-12-28(2)21(19(14)25(33-5)26-23(15)35-13-36-26)22-16-7-9-17(31-3)24(32-4)20(16)27(30)37-22/h7-10,21-22H,6,11-13H2,1-5H3/b10-8+/t21-,22+/m1/s1. The second-order valence-electron chi connectivity index (χ2n) is 8.76. The van der Waals surface area contributed by atoms with Crippen molar-refractivity contribution in [3.8, 4) is 28.7 Å². The molecule has 5 rings (SSSR count). The zero-order valence-electron chi connectivity index (χ0n) is 21.4. The van der Waals surface area contributed by atoms with Crippen LogP contribution in [0, 0.1) is 0 Å². The number of carbonyl (C=O) groups is 2. The predicted molar refractivity (Wildman–Crippen MR) is 132 cm³/mol. The Bertz CT molecular complexity index is 1290. The number of hydrogen-bond donors (Lipinski definition) is 0. The smallest absolute Gasteiger partial charge is 0.343 e. The van der Waals surface area contributed by atoms with E-state index in [1.54, 1.807) is 26.2 Å². The molecule has 2 aromatic carbocycles. The Labute approximate surface area is 214 Å². The van der Waals surface area contributed by atoms with Gasteiger partial charge in [0.05, 0.1) is 34.0 Å². The van der Waals surface area contributed by atoms with E-state index in [0.29, 0.717) is 58.4 Å². The summed E-state index contributed by atoms with van der Waals surface area (Å²) in [5.41, 5.74) is 3.48. The number of likely N-dealkylation sites (N-methyl/N-ethyl adjacent to an activating group) is 1. The molecular formula is C27H29NO9. The molecule has 0 spiro atoms. The largest absolute Gasteiger partial charge is 0.493 e. The molecule has 0 aliphatic carbocycles. The third kappa shape index (κ3) is 3.92. The van der Waals surface area contributed by atoms with Crippen LogP contribution < -0.4 is 23.7 Å². The highest BCUT2D eigenvalue weighted by Crippen LogP contribution is 2.57. The molecule has 3 heterocycles. The number of esters is 2. The highest BCUT2D eigenvalue weighted by atomic mass is 16.7. The SMILES string of the molecule is CCOC(=O)/C=C/c1c2c(c(OC)c3c1OCO3)[C@H]([C@H]1OC(=O)c3c1ccc(OC)c3OC)N(C)CC2. The lowest BCUT2D eigenvalue weighted by Crippen LogP contribution is -2.36. The molecule has 2 aromatic rings. The first kappa shape index (κ1) is 24.8. The van der Waals surface area contributed by atoms with Crippen LogP contribution in [0.1, 0.15) is 51.7 Å². The van der Waals surface area contributed by atoms with Gasteiger partial charge in [-0.05, 0) is 38.1 Å². The van der Waals surface area contributed by atoms with E-state index in [1.165, 1.54) is 20.3 Å². The maximum Gasteiger partial charge on any atom is 0.343 e. The topological polar surface area (TPSA) is 102 Å². The minimum absolute atomic E-state index is 0.0214. The molecular weight excluding hydrogens is 482 g/mol. The van der Waals surface area contributed by atoms with E-state index in [-0.39, 0.29) is 13.4 Å². The molecule has 0 fully saturated rings. The van der Waals surface area contributed by atoms with E-state index in [1.807, 2.05) is 13.1 Å². The Hall–Kier alpha value is -3.92. The van der Waals surface area contributed by atoms with Gasteiger partial charge in [-0.1, -0.05) is 6.07 Å². The highest BCUT2D eigenvalue weighted by molar-refractivity contribution is 5.98. The van der Waals surface area contributed by atoms with Gasteiger partial charge < -0.3 is 33.2 Å². The van der Waals surface area contributed by atoms with Crippen molar-refractivity contribution >= 4 is 18.0 Å². The number of fused-ring (bicyclic) bond motifs is 3. The molecule has 196 valence electrons. The number of cyclic esters (lactones) is 1. The summed E-state index contributed by atoms with van der Waals surface area (Å²) in [4.78, 5) is 27.4. The first-order valence-electron chi connectivity index (χ1n) is 12.0. The van der Waals surface area contributed by atoms with Crippen molar-refractivity contribution in [1.29, 1.82) is 0 Å². The average Bonchev–Trinajstić information content (AvgIpc) is 3.51. The zero-order chi connectivity index (χ0) is 26.3. The fourth-order valence-corrected chi connectivity index (χ4v) is 5.38. The van der Waals surface area contributed by atoms with Crippen LogP contribution in [0.15, 0.2) is 18.2 Å². The average molecular weight is 512 g/mol. The van der Waals surface area contributed by atoms with Gasteiger partial charge in [-0.25, -0.2) is 9.59 Å². The third-order valence-electron chi connectivity index (χ3n) is 6.93. The fourth-order valence-electron chi connectivity index (χ4n) is 5.38. The third-order valence-corrected chi connectivity index (χ3v) is 6.93. The van der Waals surface area contributed by atoms with Gasteiger partial charge >= 0.3 is 11.9 Å². The van der Waals surface area contributed by atoms with E-state index in [4.69, 9.17) is 33.2 Å². The van der Waals surface area contributed by atoms with Gasteiger partial charge in [-0.2, -0.15) is 0 Å². The molecule has 0 bridgehead atoms. The Morgan fingerprint density at radius 3 is 2.57 bits per heavy atom. The van der Waals surface area contributed by atoms with Crippen molar-refractivity contribution in [3.05, 3.63) is 46.0 Å². The van der Waals surface area contributed by atoms with E-state index >= 15 is 0 Å². The summed E-state index contributed by atoms with van der Waals surface area (Å²) in [6, 6.07) is 3.18. The molecule has 0 aromatic heterocycles. The number of methoxy groups -OCH3 is 3. The Balaban J connectivity index is 1.70. The van der Waals surface area contributed by atoms with E-state index in [2.05, 4.69) is 4.90 Å². The highest BCUT2D eigenvalue weighted by Gasteiger charge is 2.47. The normalized spacial score (nSPS) is 19.9. The molecule has 0 saturated heterocycles. The van der Waals surface area contributed by atoms with Crippen LogP contribution in [0.4, 0.5) is 0 Å². The fraction of sp³-hybridized carbons (Fsp3) is 0.407. The van der Waals surface area contributed by atoms with Crippen LogP contribution in [-0.4, -0.2) is 65.2 Å². The van der Waals surface area contributed by atoms with Crippen LogP contribution in [0.2, 0.25) is 0 Å². The minimum Gasteiger partial charge on any atom is -0.493 e. The van der Waals surface area contributed by atoms with Crippen molar-refractivity contribution in [1.82, 2.24) is 4.90 Å². The maximum atomic E-state index is 13.1. The Kier molecular flexibility index (Phi) is 6.59. The first-order chi connectivity index (χ1) is 17.9. The second kappa shape index (κ2) is 9.85. The summed E-state index contributed by atoms with van der Waals surface area (Å²) in [5, 5.41) is 0. The monoisotopic (exact) mass is 511 g/mol. The van der Waals surface area contributed by atoms with Crippen molar-refractivity contribution in [3.63, 3.8) is 0 Å². The van der Waals surface area contributed by atoms with Crippen LogP contribution >= 0.6 is 0 Å². The molecule has 10 heteroatoms.